The number of Topliss-reactive ketones (excluding diaryl/α,β-unsaturated/α-hetero) is 1. The maximum Gasteiger partial charge on any atom is 0.167 e. The van der Waals surface area contributed by atoms with Gasteiger partial charge in [-0.2, -0.15) is 0 Å². The predicted octanol–water partition coefficient (Wildman–Crippen LogP) is 11.0. The van der Waals surface area contributed by atoms with E-state index in [1.54, 1.807) is 0 Å². The van der Waals surface area contributed by atoms with Gasteiger partial charge in [-0.15, -0.1) is 0 Å². The summed E-state index contributed by atoms with van der Waals surface area (Å²) in [5.41, 5.74) is 9.32. The van der Waals surface area contributed by atoms with Crippen LogP contribution in [0.15, 0.2) is 146 Å². The van der Waals surface area contributed by atoms with E-state index in [1.165, 1.54) is 65.7 Å². The normalized spacial score (nSPS) is 12.6. The van der Waals surface area contributed by atoms with Gasteiger partial charge in [0, 0.05) is 12.0 Å². The van der Waals surface area contributed by atoms with Crippen LogP contribution in [0, 0.1) is 0 Å². The number of hydrogen-bond acceptors (Lipinski definition) is 1. The SMILES string of the molecule is O=C1Cc2ccc(-c3c4ccccc4c(-c4ccc(-c5cccc6ccccc56)cc4)c4ccccc34)c3cccc1c23. The molecule has 43 heavy (non-hydrogen) atoms. The number of rotatable bonds is 3. The van der Waals surface area contributed by atoms with Gasteiger partial charge in [0.15, 0.2) is 5.78 Å². The molecular weight excluding hydrogens is 520 g/mol. The summed E-state index contributed by atoms with van der Waals surface area (Å²) in [5.74, 6) is 0.217. The standard InChI is InChI=1S/C42H26O/c43-39-25-29-23-24-37(34-17-8-18-38(39)41(29)34)42-35-14-5-3-12-32(35)40(33-13-4-6-15-36(33)42)28-21-19-27(20-22-28)31-16-7-10-26-9-1-2-11-30(26)31/h1-24H,25H2. The highest BCUT2D eigenvalue weighted by molar-refractivity contribution is 6.25. The first-order chi connectivity index (χ1) is 21.3. The Hall–Kier alpha value is -5.53. The first kappa shape index (κ1) is 24.1. The first-order valence-electron chi connectivity index (χ1n) is 14.9. The van der Waals surface area contributed by atoms with Gasteiger partial charge >= 0.3 is 0 Å². The molecule has 0 amide bonds. The molecule has 0 saturated carbocycles. The molecule has 8 aromatic carbocycles. The molecule has 0 N–H and O–H groups in total. The Balaban J connectivity index is 1.30. The second-order valence-corrected chi connectivity index (χ2v) is 11.5. The summed E-state index contributed by atoms with van der Waals surface area (Å²) in [5, 5.41) is 9.70. The van der Waals surface area contributed by atoms with Gasteiger partial charge in [0.05, 0.1) is 0 Å². The van der Waals surface area contributed by atoms with Gasteiger partial charge in [-0.25, -0.2) is 0 Å². The smallest absolute Gasteiger partial charge is 0.167 e. The topological polar surface area (TPSA) is 17.1 Å². The van der Waals surface area contributed by atoms with Crippen molar-refractivity contribution in [2.75, 3.05) is 0 Å². The average Bonchev–Trinajstić information content (AvgIpc) is 3.40. The quantitative estimate of drug-likeness (QED) is 0.201. The lowest BCUT2D eigenvalue weighted by molar-refractivity contribution is 0.1000. The van der Waals surface area contributed by atoms with Gasteiger partial charge in [-0.05, 0) is 82.0 Å². The van der Waals surface area contributed by atoms with E-state index in [2.05, 4.69) is 133 Å². The van der Waals surface area contributed by atoms with Gasteiger partial charge < -0.3 is 0 Å². The summed E-state index contributed by atoms with van der Waals surface area (Å²) in [7, 11) is 0. The number of ketones is 1. The van der Waals surface area contributed by atoms with Crippen molar-refractivity contribution in [3.63, 3.8) is 0 Å². The molecule has 0 fully saturated rings. The number of benzene rings is 8. The molecule has 0 radical (unpaired) electrons. The van der Waals surface area contributed by atoms with Crippen molar-refractivity contribution in [1.29, 1.82) is 0 Å². The van der Waals surface area contributed by atoms with Crippen molar-refractivity contribution in [2.45, 2.75) is 6.42 Å². The molecule has 1 aliphatic carbocycles. The van der Waals surface area contributed by atoms with Crippen LogP contribution in [0.25, 0.3) is 76.5 Å². The number of fused-ring (bicyclic) bond motifs is 3. The molecule has 0 aromatic heterocycles. The third-order valence-corrected chi connectivity index (χ3v) is 9.25. The summed E-state index contributed by atoms with van der Waals surface area (Å²) in [6.07, 6.45) is 0.491. The zero-order chi connectivity index (χ0) is 28.5. The highest BCUT2D eigenvalue weighted by Crippen LogP contribution is 2.47. The molecule has 200 valence electrons. The molecule has 0 unspecified atom stereocenters. The zero-order valence-electron chi connectivity index (χ0n) is 23.5. The maximum absolute atomic E-state index is 12.8. The molecule has 0 heterocycles. The molecule has 0 bridgehead atoms. The number of carbonyl (C=O) groups is 1. The average molecular weight is 547 g/mol. The van der Waals surface area contributed by atoms with Crippen LogP contribution in [0.2, 0.25) is 0 Å². The lowest BCUT2D eigenvalue weighted by Gasteiger charge is -2.19. The molecule has 0 atom stereocenters. The molecule has 1 nitrogen and oxygen atoms in total. The Morgan fingerprint density at radius 2 is 0.907 bits per heavy atom. The van der Waals surface area contributed by atoms with E-state index in [9.17, 15) is 4.79 Å². The molecule has 9 rings (SSSR count). The molecule has 8 aromatic rings. The van der Waals surface area contributed by atoms with E-state index in [0.29, 0.717) is 6.42 Å². The van der Waals surface area contributed by atoms with E-state index < -0.39 is 0 Å². The van der Waals surface area contributed by atoms with Crippen LogP contribution in [0.3, 0.4) is 0 Å². The third-order valence-electron chi connectivity index (χ3n) is 9.25. The molecular formula is C42H26O. The Morgan fingerprint density at radius 1 is 0.372 bits per heavy atom. The summed E-state index contributed by atoms with van der Waals surface area (Å²) in [4.78, 5) is 12.8. The van der Waals surface area contributed by atoms with Crippen molar-refractivity contribution >= 4 is 48.9 Å². The van der Waals surface area contributed by atoms with E-state index >= 15 is 0 Å². The van der Waals surface area contributed by atoms with E-state index in [4.69, 9.17) is 0 Å². The second kappa shape index (κ2) is 9.24. The fourth-order valence-corrected chi connectivity index (χ4v) is 7.37. The zero-order valence-corrected chi connectivity index (χ0v) is 23.5. The van der Waals surface area contributed by atoms with Crippen molar-refractivity contribution in [2.24, 2.45) is 0 Å². The maximum atomic E-state index is 12.8. The minimum Gasteiger partial charge on any atom is -0.294 e. The largest absolute Gasteiger partial charge is 0.294 e. The summed E-state index contributed by atoms with van der Waals surface area (Å²) in [6, 6.07) is 52.3. The molecule has 0 aliphatic heterocycles. The molecule has 0 spiro atoms. The minimum absolute atomic E-state index is 0.217. The minimum atomic E-state index is 0.217. The van der Waals surface area contributed by atoms with E-state index in [1.807, 2.05) is 12.1 Å². The predicted molar refractivity (Wildman–Crippen MR) is 181 cm³/mol. The van der Waals surface area contributed by atoms with Crippen LogP contribution in [-0.4, -0.2) is 5.78 Å². The lowest BCUT2D eigenvalue weighted by atomic mass is 9.84. The van der Waals surface area contributed by atoms with Crippen molar-refractivity contribution in [3.05, 3.63) is 157 Å². The second-order valence-electron chi connectivity index (χ2n) is 11.5. The van der Waals surface area contributed by atoms with Gasteiger partial charge in [0.1, 0.15) is 0 Å². The van der Waals surface area contributed by atoms with Gasteiger partial charge in [-0.3, -0.25) is 4.79 Å². The monoisotopic (exact) mass is 546 g/mol. The van der Waals surface area contributed by atoms with Gasteiger partial charge in [0.25, 0.3) is 0 Å². The highest BCUT2D eigenvalue weighted by Gasteiger charge is 2.25. The van der Waals surface area contributed by atoms with Crippen LogP contribution in [0.5, 0.6) is 0 Å². The Bertz CT molecular complexity index is 2370. The molecule has 1 aliphatic rings. The fraction of sp³-hybridized carbons (Fsp3) is 0.0238. The Kier molecular flexibility index (Phi) is 5.18. The van der Waals surface area contributed by atoms with E-state index in [0.717, 1.165) is 21.9 Å². The van der Waals surface area contributed by atoms with Gasteiger partial charge in [0.2, 0.25) is 0 Å². The molecule has 1 heteroatoms. The van der Waals surface area contributed by atoms with Crippen molar-refractivity contribution in [3.8, 4) is 33.4 Å². The fourth-order valence-electron chi connectivity index (χ4n) is 7.37. The Morgan fingerprint density at radius 3 is 1.63 bits per heavy atom. The van der Waals surface area contributed by atoms with Crippen LogP contribution in [0.4, 0.5) is 0 Å². The van der Waals surface area contributed by atoms with Crippen molar-refractivity contribution < 1.29 is 4.79 Å². The van der Waals surface area contributed by atoms with Crippen LogP contribution < -0.4 is 0 Å². The number of carbonyl (C=O) groups excluding carboxylic acids is 1. The third kappa shape index (κ3) is 3.55. The van der Waals surface area contributed by atoms with Crippen LogP contribution >= 0.6 is 0 Å². The summed E-state index contributed by atoms with van der Waals surface area (Å²) < 4.78 is 0. The Labute approximate surface area is 249 Å². The molecule has 0 saturated heterocycles. The van der Waals surface area contributed by atoms with Crippen LogP contribution in [0.1, 0.15) is 15.9 Å². The summed E-state index contributed by atoms with van der Waals surface area (Å²) >= 11 is 0. The first-order valence-corrected chi connectivity index (χ1v) is 14.9. The van der Waals surface area contributed by atoms with Gasteiger partial charge in [-0.1, -0.05) is 146 Å². The van der Waals surface area contributed by atoms with Crippen LogP contribution in [-0.2, 0) is 6.42 Å². The van der Waals surface area contributed by atoms with Crippen molar-refractivity contribution in [1.82, 2.24) is 0 Å². The highest BCUT2D eigenvalue weighted by atomic mass is 16.1. The van der Waals surface area contributed by atoms with E-state index in [-0.39, 0.29) is 5.78 Å². The number of hydrogen-bond donors (Lipinski definition) is 0. The lowest BCUT2D eigenvalue weighted by Crippen LogP contribution is -1.93. The summed E-state index contributed by atoms with van der Waals surface area (Å²) in [6.45, 7) is 0.